The summed E-state index contributed by atoms with van der Waals surface area (Å²) in [6.07, 6.45) is 5.14. The summed E-state index contributed by atoms with van der Waals surface area (Å²) in [6.45, 7) is 3.19. The minimum absolute atomic E-state index is 0.553. The van der Waals surface area contributed by atoms with Crippen molar-refractivity contribution in [3.63, 3.8) is 0 Å². The van der Waals surface area contributed by atoms with E-state index < -0.39 is 0 Å². The molecule has 0 saturated heterocycles. The zero-order valence-corrected chi connectivity index (χ0v) is 8.79. The van der Waals surface area contributed by atoms with E-state index in [0.717, 1.165) is 17.1 Å². The van der Waals surface area contributed by atoms with Crippen LogP contribution in [0.5, 0.6) is 5.88 Å². The third kappa shape index (κ3) is 2.06. The Labute approximate surface area is 84.3 Å². The number of terminal acetylenes is 1. The summed E-state index contributed by atoms with van der Waals surface area (Å²) in [5.74, 6) is 3.31. The zero-order chi connectivity index (χ0) is 10.6. The molecule has 76 valence electrons. The zero-order valence-electron chi connectivity index (χ0n) is 8.79. The predicted octanol–water partition coefficient (Wildman–Crippen LogP) is 0.460. The minimum Gasteiger partial charge on any atom is -0.481 e. The van der Waals surface area contributed by atoms with Gasteiger partial charge in [-0.15, -0.1) is 6.42 Å². The van der Waals surface area contributed by atoms with Crippen LogP contribution < -0.4 is 10.1 Å². The molecule has 1 rings (SSSR count). The molecule has 0 amide bonds. The lowest BCUT2D eigenvalue weighted by molar-refractivity contribution is 0.368. The molecule has 0 atom stereocenters. The predicted molar refractivity (Wildman–Crippen MR) is 55.0 cm³/mol. The highest BCUT2D eigenvalue weighted by Gasteiger charge is 2.12. The van der Waals surface area contributed by atoms with E-state index in [-0.39, 0.29) is 0 Å². The first-order valence-electron chi connectivity index (χ1n) is 4.41. The highest BCUT2D eigenvalue weighted by molar-refractivity contribution is 5.30. The Hall–Kier alpha value is -1.47. The lowest BCUT2D eigenvalue weighted by Crippen LogP contribution is -2.14. The number of hydrogen-bond acceptors (Lipinski definition) is 3. The third-order valence-corrected chi connectivity index (χ3v) is 2.01. The molecule has 4 heteroatoms. The number of aromatic nitrogens is 2. The highest BCUT2D eigenvalue weighted by atomic mass is 16.5. The molecule has 4 nitrogen and oxygen atoms in total. The molecular formula is C10H15N3O. The van der Waals surface area contributed by atoms with Gasteiger partial charge in [-0.05, 0) is 6.92 Å². The van der Waals surface area contributed by atoms with Crippen molar-refractivity contribution < 1.29 is 4.74 Å². The molecule has 0 bridgehead atoms. The van der Waals surface area contributed by atoms with Crippen molar-refractivity contribution in [1.82, 2.24) is 15.1 Å². The topological polar surface area (TPSA) is 39.1 Å². The summed E-state index contributed by atoms with van der Waals surface area (Å²) in [4.78, 5) is 0. The molecule has 0 saturated carbocycles. The van der Waals surface area contributed by atoms with Crippen LogP contribution in [0.2, 0.25) is 0 Å². The lowest BCUT2D eigenvalue weighted by atomic mass is 10.2. The van der Waals surface area contributed by atoms with Crippen LogP contribution in [0.3, 0.4) is 0 Å². The van der Waals surface area contributed by atoms with Gasteiger partial charge >= 0.3 is 0 Å². The van der Waals surface area contributed by atoms with E-state index in [1.807, 2.05) is 14.0 Å². The summed E-state index contributed by atoms with van der Waals surface area (Å²) in [5.41, 5.74) is 2.03. The second-order valence-electron chi connectivity index (χ2n) is 3.00. The molecule has 1 aromatic heterocycles. The van der Waals surface area contributed by atoms with E-state index in [2.05, 4.69) is 16.3 Å². The number of rotatable bonds is 4. The van der Waals surface area contributed by atoms with Gasteiger partial charge in [-0.1, -0.05) is 5.92 Å². The Morgan fingerprint density at radius 1 is 1.64 bits per heavy atom. The molecule has 14 heavy (non-hydrogen) atoms. The Bertz CT molecular complexity index is 349. The summed E-state index contributed by atoms with van der Waals surface area (Å²) >= 11 is 0. The largest absolute Gasteiger partial charge is 0.481 e. The van der Waals surface area contributed by atoms with Crippen molar-refractivity contribution in [3.8, 4) is 18.2 Å². The van der Waals surface area contributed by atoms with Crippen molar-refractivity contribution in [2.24, 2.45) is 7.05 Å². The quantitative estimate of drug-likeness (QED) is 0.558. The van der Waals surface area contributed by atoms with Crippen molar-refractivity contribution in [3.05, 3.63) is 11.3 Å². The highest BCUT2D eigenvalue weighted by Crippen LogP contribution is 2.20. The molecule has 0 fully saturated rings. The molecule has 1 heterocycles. The van der Waals surface area contributed by atoms with Gasteiger partial charge in [-0.2, -0.15) is 5.10 Å². The first-order valence-corrected chi connectivity index (χ1v) is 4.41. The van der Waals surface area contributed by atoms with Crippen LogP contribution in [0.4, 0.5) is 0 Å². The van der Waals surface area contributed by atoms with Crippen molar-refractivity contribution in [2.45, 2.75) is 13.5 Å². The first-order chi connectivity index (χ1) is 6.70. The first kappa shape index (κ1) is 10.6. The molecule has 1 N–H and O–H groups in total. The minimum atomic E-state index is 0.553. The fourth-order valence-electron chi connectivity index (χ4n) is 1.40. The molecule has 1 aromatic rings. The number of nitrogens with one attached hydrogen (secondary N) is 1. The van der Waals surface area contributed by atoms with Crippen molar-refractivity contribution >= 4 is 0 Å². The fourth-order valence-corrected chi connectivity index (χ4v) is 1.40. The van der Waals surface area contributed by atoms with E-state index in [0.29, 0.717) is 13.1 Å². The summed E-state index contributed by atoms with van der Waals surface area (Å²) < 4.78 is 6.96. The molecule has 0 spiro atoms. The number of hydrogen-bond donors (Lipinski definition) is 1. The smallest absolute Gasteiger partial charge is 0.216 e. The maximum absolute atomic E-state index is 5.24. The molecule has 0 aromatic carbocycles. The Balaban J connectivity index is 2.79. The molecule has 0 aliphatic carbocycles. The van der Waals surface area contributed by atoms with Crippen LogP contribution in [0, 0.1) is 19.3 Å². The van der Waals surface area contributed by atoms with Gasteiger partial charge in [0.25, 0.3) is 0 Å². The third-order valence-electron chi connectivity index (χ3n) is 2.01. The standard InChI is InChI=1S/C10H15N3O/c1-5-6-11-7-9-8(2)12-13(3)10(9)14-4/h1,11H,6-7H2,2-4H3. The van der Waals surface area contributed by atoms with Gasteiger partial charge in [0, 0.05) is 13.6 Å². The Kier molecular flexibility index (Phi) is 3.55. The number of nitrogens with zero attached hydrogens (tertiary/aromatic N) is 2. The fraction of sp³-hybridized carbons (Fsp3) is 0.500. The maximum atomic E-state index is 5.24. The van der Waals surface area contributed by atoms with Crippen LogP contribution >= 0.6 is 0 Å². The van der Waals surface area contributed by atoms with Gasteiger partial charge in [0.05, 0.1) is 24.9 Å². The lowest BCUT2D eigenvalue weighted by Gasteiger charge is -2.04. The van der Waals surface area contributed by atoms with Crippen LogP contribution in [0.1, 0.15) is 11.3 Å². The van der Waals surface area contributed by atoms with Gasteiger partial charge < -0.3 is 10.1 Å². The SMILES string of the molecule is C#CCNCc1c(C)nn(C)c1OC. The van der Waals surface area contributed by atoms with Crippen LogP contribution in [-0.2, 0) is 13.6 Å². The maximum Gasteiger partial charge on any atom is 0.216 e. The number of ether oxygens (including phenoxy) is 1. The summed E-state index contributed by atoms with van der Waals surface area (Å²) in [5, 5.41) is 7.37. The van der Waals surface area contributed by atoms with Gasteiger partial charge in [0.15, 0.2) is 0 Å². The van der Waals surface area contributed by atoms with Gasteiger partial charge in [0.1, 0.15) is 0 Å². The second kappa shape index (κ2) is 4.68. The second-order valence-corrected chi connectivity index (χ2v) is 3.00. The average Bonchev–Trinajstić information content (AvgIpc) is 2.42. The average molecular weight is 193 g/mol. The summed E-state index contributed by atoms with van der Waals surface area (Å²) in [7, 11) is 3.50. The Morgan fingerprint density at radius 2 is 2.36 bits per heavy atom. The van der Waals surface area contributed by atoms with E-state index >= 15 is 0 Å². The van der Waals surface area contributed by atoms with Crippen LogP contribution in [-0.4, -0.2) is 23.4 Å². The van der Waals surface area contributed by atoms with Crippen molar-refractivity contribution in [2.75, 3.05) is 13.7 Å². The molecule has 0 aliphatic rings. The van der Waals surface area contributed by atoms with Gasteiger partial charge in [0.2, 0.25) is 5.88 Å². The Morgan fingerprint density at radius 3 is 2.93 bits per heavy atom. The summed E-state index contributed by atoms with van der Waals surface area (Å²) in [6, 6.07) is 0. The molecule has 0 aliphatic heterocycles. The van der Waals surface area contributed by atoms with E-state index in [1.165, 1.54) is 0 Å². The monoisotopic (exact) mass is 193 g/mol. The van der Waals surface area contributed by atoms with Crippen LogP contribution in [0.25, 0.3) is 0 Å². The van der Waals surface area contributed by atoms with E-state index in [9.17, 15) is 0 Å². The number of aryl methyl sites for hydroxylation is 2. The normalized spacial score (nSPS) is 9.86. The molecule has 0 radical (unpaired) electrons. The molecular weight excluding hydrogens is 178 g/mol. The number of methoxy groups -OCH3 is 1. The van der Waals surface area contributed by atoms with Crippen LogP contribution in [0.15, 0.2) is 0 Å². The van der Waals surface area contributed by atoms with Gasteiger partial charge in [-0.3, -0.25) is 0 Å². The van der Waals surface area contributed by atoms with E-state index in [1.54, 1.807) is 11.8 Å². The van der Waals surface area contributed by atoms with Gasteiger partial charge in [-0.25, -0.2) is 4.68 Å². The van der Waals surface area contributed by atoms with Crippen molar-refractivity contribution in [1.29, 1.82) is 0 Å². The van der Waals surface area contributed by atoms with E-state index in [4.69, 9.17) is 11.2 Å². The molecule has 0 unspecified atom stereocenters.